The van der Waals surface area contributed by atoms with Crippen molar-refractivity contribution in [1.29, 1.82) is 0 Å². The average Bonchev–Trinajstić information content (AvgIpc) is 3.18. The summed E-state index contributed by atoms with van der Waals surface area (Å²) in [5, 5.41) is 0.249. The van der Waals surface area contributed by atoms with Crippen LogP contribution in [0.2, 0.25) is 5.02 Å². The van der Waals surface area contributed by atoms with Gasteiger partial charge in [-0.1, -0.05) is 17.5 Å². The minimum Gasteiger partial charge on any atom is -0.343 e. The maximum Gasteiger partial charge on any atom is 0.419 e. The summed E-state index contributed by atoms with van der Waals surface area (Å²) in [7, 11) is 0. The van der Waals surface area contributed by atoms with Crippen LogP contribution in [0.5, 0.6) is 0 Å². The molecule has 0 saturated heterocycles. The standard InChI is InChI=1S/C14H11ClF3NO/c15-10-3-4-12-11(7-10)13(14(16,17)18)20-8-19(12)6-5-9-1-2-9/h3-4,7,9,13H,1-2,8H2/t13-/m0/s1. The fourth-order valence-corrected chi connectivity index (χ4v) is 2.23. The Labute approximate surface area is 119 Å². The molecule has 1 heterocycles. The summed E-state index contributed by atoms with van der Waals surface area (Å²) in [5.41, 5.74) is 0.428. The third-order valence-corrected chi connectivity index (χ3v) is 3.45. The summed E-state index contributed by atoms with van der Waals surface area (Å²) in [6.45, 7) is -0.196. The summed E-state index contributed by atoms with van der Waals surface area (Å²) >= 11 is 5.80. The Kier molecular flexibility index (Phi) is 3.31. The zero-order chi connectivity index (χ0) is 14.3. The Morgan fingerprint density at radius 2 is 2.05 bits per heavy atom. The number of halogens is 4. The second-order valence-corrected chi connectivity index (χ2v) is 5.32. The second-order valence-electron chi connectivity index (χ2n) is 4.88. The molecule has 1 fully saturated rings. The minimum absolute atomic E-state index is 0.0151. The lowest BCUT2D eigenvalue weighted by Gasteiger charge is -2.33. The number of fused-ring (bicyclic) bond motifs is 1. The van der Waals surface area contributed by atoms with E-state index in [2.05, 4.69) is 12.0 Å². The second kappa shape index (κ2) is 4.87. The van der Waals surface area contributed by atoms with Crippen LogP contribution in [0, 0.1) is 17.9 Å². The van der Waals surface area contributed by atoms with E-state index in [-0.39, 0.29) is 17.3 Å². The molecule has 20 heavy (non-hydrogen) atoms. The van der Waals surface area contributed by atoms with Gasteiger partial charge in [-0.2, -0.15) is 13.2 Å². The predicted molar refractivity (Wildman–Crippen MR) is 69.2 cm³/mol. The van der Waals surface area contributed by atoms with E-state index in [9.17, 15) is 13.2 Å². The molecule has 1 aromatic rings. The normalized spacial score (nSPS) is 22.0. The maximum absolute atomic E-state index is 13.0. The summed E-state index contributed by atoms with van der Waals surface area (Å²) in [6.07, 6.45) is -4.30. The summed E-state index contributed by atoms with van der Waals surface area (Å²) in [4.78, 5) is 1.51. The monoisotopic (exact) mass is 301 g/mol. The molecule has 1 aliphatic heterocycles. The first-order valence-electron chi connectivity index (χ1n) is 6.21. The molecule has 0 bridgehead atoms. The zero-order valence-electron chi connectivity index (χ0n) is 10.4. The van der Waals surface area contributed by atoms with Crippen LogP contribution >= 0.6 is 11.6 Å². The highest BCUT2D eigenvalue weighted by molar-refractivity contribution is 6.30. The first-order chi connectivity index (χ1) is 9.45. The van der Waals surface area contributed by atoms with E-state index in [1.54, 1.807) is 12.1 Å². The number of rotatable bonds is 0. The van der Waals surface area contributed by atoms with Crippen molar-refractivity contribution in [2.75, 3.05) is 11.6 Å². The molecule has 0 spiro atoms. The Morgan fingerprint density at radius 3 is 2.70 bits per heavy atom. The van der Waals surface area contributed by atoms with Crippen LogP contribution in [-0.4, -0.2) is 12.9 Å². The third-order valence-electron chi connectivity index (χ3n) is 3.21. The number of benzene rings is 1. The lowest BCUT2D eigenvalue weighted by Crippen LogP contribution is -2.35. The van der Waals surface area contributed by atoms with Gasteiger partial charge in [-0.25, -0.2) is 0 Å². The Bertz CT molecular complexity index is 586. The fourth-order valence-electron chi connectivity index (χ4n) is 2.05. The van der Waals surface area contributed by atoms with Crippen LogP contribution in [0.15, 0.2) is 18.2 Å². The van der Waals surface area contributed by atoms with E-state index in [1.165, 1.54) is 11.0 Å². The number of nitrogens with zero attached hydrogens (tertiary/aromatic N) is 1. The smallest absolute Gasteiger partial charge is 0.343 e. The van der Waals surface area contributed by atoms with Gasteiger partial charge in [-0.3, -0.25) is 4.90 Å². The predicted octanol–water partition coefficient (Wildman–Crippen LogP) is 4.11. The Morgan fingerprint density at radius 1 is 1.30 bits per heavy atom. The van der Waals surface area contributed by atoms with Gasteiger partial charge >= 0.3 is 6.18 Å². The molecule has 0 radical (unpaired) electrons. The van der Waals surface area contributed by atoms with Crippen molar-refractivity contribution < 1.29 is 17.9 Å². The van der Waals surface area contributed by atoms with Gasteiger partial charge in [-0.05, 0) is 31.0 Å². The molecule has 0 unspecified atom stereocenters. The van der Waals surface area contributed by atoms with E-state index in [1.807, 2.05) is 0 Å². The maximum atomic E-state index is 13.0. The minimum atomic E-state index is -4.46. The lowest BCUT2D eigenvalue weighted by molar-refractivity contribution is -0.225. The van der Waals surface area contributed by atoms with Crippen molar-refractivity contribution in [1.82, 2.24) is 0 Å². The van der Waals surface area contributed by atoms with Crippen LogP contribution in [0.25, 0.3) is 0 Å². The molecular weight excluding hydrogens is 291 g/mol. The van der Waals surface area contributed by atoms with Crippen LogP contribution < -0.4 is 4.90 Å². The van der Waals surface area contributed by atoms with Gasteiger partial charge in [0.05, 0.1) is 5.69 Å². The van der Waals surface area contributed by atoms with E-state index < -0.39 is 12.3 Å². The van der Waals surface area contributed by atoms with Crippen molar-refractivity contribution in [2.24, 2.45) is 5.92 Å². The van der Waals surface area contributed by atoms with E-state index in [0.29, 0.717) is 11.6 Å². The number of anilines is 1. The van der Waals surface area contributed by atoms with Gasteiger partial charge in [0, 0.05) is 22.5 Å². The molecule has 2 nitrogen and oxygen atoms in total. The molecule has 1 aromatic carbocycles. The Balaban J connectivity index is 1.98. The molecule has 0 amide bonds. The molecular formula is C14H11ClF3NO. The van der Waals surface area contributed by atoms with Gasteiger partial charge < -0.3 is 4.74 Å². The fraction of sp³-hybridized carbons (Fsp3) is 0.429. The van der Waals surface area contributed by atoms with E-state index in [0.717, 1.165) is 12.8 Å². The van der Waals surface area contributed by atoms with Crippen molar-refractivity contribution >= 4 is 17.3 Å². The number of alkyl halides is 3. The van der Waals surface area contributed by atoms with Crippen molar-refractivity contribution in [2.45, 2.75) is 25.1 Å². The van der Waals surface area contributed by atoms with E-state index >= 15 is 0 Å². The third kappa shape index (κ3) is 2.72. The molecule has 106 valence electrons. The van der Waals surface area contributed by atoms with Crippen LogP contribution in [0.4, 0.5) is 18.9 Å². The lowest BCUT2D eigenvalue weighted by atomic mass is 10.0. The molecule has 2 aliphatic rings. The molecule has 0 N–H and O–H groups in total. The molecule has 1 aliphatic carbocycles. The largest absolute Gasteiger partial charge is 0.419 e. The van der Waals surface area contributed by atoms with Crippen LogP contribution in [0.1, 0.15) is 24.5 Å². The first kappa shape index (κ1) is 13.6. The topological polar surface area (TPSA) is 12.5 Å². The van der Waals surface area contributed by atoms with E-state index in [4.69, 9.17) is 16.3 Å². The van der Waals surface area contributed by atoms with Gasteiger partial charge in [0.2, 0.25) is 0 Å². The molecule has 3 rings (SSSR count). The molecule has 1 atom stereocenters. The van der Waals surface area contributed by atoms with Crippen LogP contribution in [-0.2, 0) is 4.74 Å². The van der Waals surface area contributed by atoms with Crippen molar-refractivity contribution in [3.63, 3.8) is 0 Å². The average molecular weight is 302 g/mol. The number of ether oxygens (including phenoxy) is 1. The van der Waals surface area contributed by atoms with Crippen molar-refractivity contribution in [3.8, 4) is 12.0 Å². The highest BCUT2D eigenvalue weighted by atomic mass is 35.5. The van der Waals surface area contributed by atoms with Gasteiger partial charge in [-0.15, -0.1) is 0 Å². The van der Waals surface area contributed by atoms with Gasteiger partial charge in [0.25, 0.3) is 0 Å². The summed E-state index contributed by atoms with van der Waals surface area (Å²) in [5.74, 6) is 3.38. The summed E-state index contributed by atoms with van der Waals surface area (Å²) in [6, 6.07) is 7.29. The van der Waals surface area contributed by atoms with Gasteiger partial charge in [0.1, 0.15) is 6.73 Å². The van der Waals surface area contributed by atoms with Gasteiger partial charge in [0.15, 0.2) is 6.10 Å². The van der Waals surface area contributed by atoms with Crippen molar-refractivity contribution in [3.05, 3.63) is 28.8 Å². The van der Waals surface area contributed by atoms with Crippen LogP contribution in [0.3, 0.4) is 0 Å². The highest BCUT2D eigenvalue weighted by Crippen LogP contribution is 2.44. The Hall–Kier alpha value is -1.38. The first-order valence-corrected chi connectivity index (χ1v) is 6.59. The SMILES string of the molecule is FC(F)(F)[C@H]1OCN(C#CC2CC2)c2ccc(Cl)cc21. The number of hydrogen-bond donors (Lipinski definition) is 0. The highest BCUT2D eigenvalue weighted by Gasteiger charge is 2.45. The molecule has 0 aromatic heterocycles. The molecule has 1 saturated carbocycles. The molecule has 6 heteroatoms. The number of hydrogen-bond acceptors (Lipinski definition) is 2. The zero-order valence-corrected chi connectivity index (χ0v) is 11.1. The summed E-state index contributed by atoms with van der Waals surface area (Å²) < 4.78 is 43.9. The quantitative estimate of drug-likeness (QED) is 0.669.